The van der Waals surface area contributed by atoms with Gasteiger partial charge in [-0.2, -0.15) is 0 Å². The molecule has 1 saturated carbocycles. The molecule has 2 atom stereocenters. The highest BCUT2D eigenvalue weighted by molar-refractivity contribution is 6.05. The van der Waals surface area contributed by atoms with Crippen LogP contribution < -0.4 is 10.2 Å². The van der Waals surface area contributed by atoms with Crippen molar-refractivity contribution in [2.75, 3.05) is 50.0 Å². The van der Waals surface area contributed by atoms with Gasteiger partial charge in [0.05, 0.1) is 11.8 Å². The number of likely N-dealkylation sites (N-methyl/N-ethyl adjacent to an activating group) is 1. The van der Waals surface area contributed by atoms with Gasteiger partial charge in [0.25, 0.3) is 0 Å². The fourth-order valence-electron chi connectivity index (χ4n) is 5.02. The minimum atomic E-state index is -0.169. The number of rotatable bonds is 5. The van der Waals surface area contributed by atoms with Crippen LogP contribution in [0.3, 0.4) is 0 Å². The van der Waals surface area contributed by atoms with Crippen LogP contribution in [0, 0.1) is 18.8 Å². The van der Waals surface area contributed by atoms with Crippen LogP contribution in [-0.4, -0.2) is 67.3 Å². The highest BCUT2D eigenvalue weighted by Crippen LogP contribution is 2.38. The van der Waals surface area contributed by atoms with Gasteiger partial charge in [-0.05, 0) is 50.6 Å². The molecule has 162 valence electrons. The van der Waals surface area contributed by atoms with Gasteiger partial charge >= 0.3 is 0 Å². The number of carbonyl (C=O) groups is 3. The lowest BCUT2D eigenvalue weighted by molar-refractivity contribution is -0.140. The molecule has 0 bridgehead atoms. The molecule has 2 heterocycles. The average molecular weight is 413 g/mol. The van der Waals surface area contributed by atoms with Crippen molar-refractivity contribution in [3.8, 4) is 0 Å². The number of aryl methyl sites for hydroxylation is 1. The monoisotopic (exact) mass is 412 g/mol. The zero-order valence-corrected chi connectivity index (χ0v) is 18.0. The number of nitrogens with one attached hydrogen (secondary N) is 1. The van der Waals surface area contributed by atoms with Gasteiger partial charge in [-0.15, -0.1) is 0 Å². The zero-order chi connectivity index (χ0) is 21.3. The van der Waals surface area contributed by atoms with Crippen LogP contribution in [0.5, 0.6) is 0 Å². The molecule has 1 aliphatic carbocycles. The lowest BCUT2D eigenvalue weighted by Gasteiger charge is -2.35. The first kappa shape index (κ1) is 20.8. The van der Waals surface area contributed by atoms with Gasteiger partial charge in [-0.25, -0.2) is 0 Å². The summed E-state index contributed by atoms with van der Waals surface area (Å²) >= 11 is 0. The fraction of sp³-hybridized carbons (Fsp3) is 0.609. The van der Waals surface area contributed by atoms with E-state index in [4.69, 9.17) is 0 Å². The normalized spacial score (nSPS) is 24.9. The summed E-state index contributed by atoms with van der Waals surface area (Å²) in [6.45, 7) is 6.34. The maximum absolute atomic E-state index is 12.5. The molecule has 30 heavy (non-hydrogen) atoms. The molecule has 0 radical (unpaired) electrons. The van der Waals surface area contributed by atoms with E-state index in [2.05, 4.69) is 35.2 Å². The quantitative estimate of drug-likeness (QED) is 0.751. The number of anilines is 2. The molecule has 7 nitrogen and oxygen atoms in total. The molecule has 2 saturated heterocycles. The van der Waals surface area contributed by atoms with E-state index in [1.807, 2.05) is 12.1 Å². The minimum Gasteiger partial charge on any atom is -0.369 e. The molecular weight excluding hydrogens is 380 g/mol. The number of imide groups is 1. The minimum absolute atomic E-state index is 0.0788. The molecule has 0 aromatic heterocycles. The molecule has 4 rings (SSSR count). The smallest absolute Gasteiger partial charge is 0.233 e. The van der Waals surface area contributed by atoms with E-state index in [0.29, 0.717) is 0 Å². The molecule has 3 amide bonds. The number of nitrogens with zero attached hydrogens (tertiary/aromatic N) is 3. The second kappa shape index (κ2) is 8.76. The summed E-state index contributed by atoms with van der Waals surface area (Å²) in [6, 6.07) is 5.99. The Morgan fingerprint density at radius 1 is 1.03 bits per heavy atom. The second-order valence-electron chi connectivity index (χ2n) is 8.92. The second-order valence-corrected chi connectivity index (χ2v) is 8.92. The van der Waals surface area contributed by atoms with E-state index in [-0.39, 0.29) is 42.5 Å². The third-order valence-electron chi connectivity index (χ3n) is 6.82. The lowest BCUT2D eigenvalue weighted by atomic mass is 9.81. The van der Waals surface area contributed by atoms with Gasteiger partial charge in [0, 0.05) is 50.5 Å². The van der Waals surface area contributed by atoms with Crippen LogP contribution in [-0.2, 0) is 14.4 Å². The van der Waals surface area contributed by atoms with Crippen molar-refractivity contribution in [1.82, 2.24) is 9.80 Å². The Kier molecular flexibility index (Phi) is 6.09. The summed E-state index contributed by atoms with van der Waals surface area (Å²) in [5.74, 6) is -0.634. The zero-order valence-electron chi connectivity index (χ0n) is 18.0. The third kappa shape index (κ3) is 4.21. The predicted octanol–water partition coefficient (Wildman–Crippen LogP) is 2.25. The number of benzene rings is 1. The highest BCUT2D eigenvalue weighted by atomic mass is 16.2. The lowest BCUT2D eigenvalue weighted by Crippen LogP contribution is -2.44. The average Bonchev–Trinajstić information content (AvgIpc) is 2.98. The van der Waals surface area contributed by atoms with Crippen LogP contribution in [0.4, 0.5) is 11.4 Å². The molecule has 2 unspecified atom stereocenters. The summed E-state index contributed by atoms with van der Waals surface area (Å²) in [4.78, 5) is 43.6. The van der Waals surface area contributed by atoms with Gasteiger partial charge in [-0.3, -0.25) is 19.3 Å². The Morgan fingerprint density at radius 2 is 1.67 bits per heavy atom. The van der Waals surface area contributed by atoms with Gasteiger partial charge in [0.15, 0.2) is 0 Å². The van der Waals surface area contributed by atoms with Crippen LogP contribution in [0.15, 0.2) is 18.2 Å². The van der Waals surface area contributed by atoms with E-state index in [0.717, 1.165) is 63.1 Å². The van der Waals surface area contributed by atoms with Crippen LogP contribution >= 0.6 is 0 Å². The van der Waals surface area contributed by atoms with Crippen molar-refractivity contribution in [3.63, 3.8) is 0 Å². The summed E-state index contributed by atoms with van der Waals surface area (Å²) in [5.41, 5.74) is 3.09. The molecule has 1 aromatic carbocycles. The van der Waals surface area contributed by atoms with E-state index in [1.54, 1.807) is 0 Å². The summed E-state index contributed by atoms with van der Waals surface area (Å²) in [5, 5.41) is 2.92. The van der Waals surface area contributed by atoms with Crippen molar-refractivity contribution in [2.45, 2.75) is 39.0 Å². The number of amides is 3. The van der Waals surface area contributed by atoms with Gasteiger partial charge in [0.2, 0.25) is 17.7 Å². The number of piperazine rings is 1. The maximum atomic E-state index is 12.5. The molecule has 3 aliphatic rings. The number of hydrogen-bond donors (Lipinski definition) is 1. The number of carbonyl (C=O) groups excluding carboxylic acids is 3. The molecular formula is C23H32N4O3. The molecule has 1 N–H and O–H groups in total. The van der Waals surface area contributed by atoms with Crippen molar-refractivity contribution >= 4 is 29.1 Å². The Labute approximate surface area is 178 Å². The molecule has 3 fully saturated rings. The Hall–Kier alpha value is -2.41. The van der Waals surface area contributed by atoms with E-state index in [9.17, 15) is 14.4 Å². The van der Waals surface area contributed by atoms with Crippen molar-refractivity contribution in [1.29, 1.82) is 0 Å². The standard InChI is InChI=1S/C23H32N4O3/c1-16-15-17(7-8-20(16)26-13-11-25(2)12-14-26)24-21(28)9-10-27-22(29)18-5-3-4-6-19(18)23(27)30/h7-8,15,18-19H,3-6,9-14H2,1-2H3,(H,24,28). The third-order valence-corrected chi connectivity index (χ3v) is 6.82. The Bertz CT molecular complexity index is 808. The summed E-state index contributed by atoms with van der Waals surface area (Å²) in [7, 11) is 2.14. The Balaban J connectivity index is 1.31. The van der Waals surface area contributed by atoms with Crippen LogP contribution in [0.2, 0.25) is 0 Å². The van der Waals surface area contributed by atoms with Crippen molar-refractivity contribution < 1.29 is 14.4 Å². The first-order valence-corrected chi connectivity index (χ1v) is 11.1. The number of fused-ring (bicyclic) bond motifs is 1. The van der Waals surface area contributed by atoms with E-state index in [1.165, 1.54) is 10.6 Å². The molecule has 2 aliphatic heterocycles. The van der Waals surface area contributed by atoms with E-state index < -0.39 is 0 Å². The van der Waals surface area contributed by atoms with Gasteiger partial charge < -0.3 is 15.1 Å². The topological polar surface area (TPSA) is 73.0 Å². The Morgan fingerprint density at radius 3 is 2.27 bits per heavy atom. The predicted molar refractivity (Wildman–Crippen MR) is 116 cm³/mol. The SMILES string of the molecule is Cc1cc(NC(=O)CCN2C(=O)C3CCCCC3C2=O)ccc1N1CCN(C)CC1. The van der Waals surface area contributed by atoms with E-state index >= 15 is 0 Å². The van der Waals surface area contributed by atoms with Crippen LogP contribution in [0.1, 0.15) is 37.7 Å². The molecule has 7 heteroatoms. The van der Waals surface area contributed by atoms with Gasteiger partial charge in [0.1, 0.15) is 0 Å². The number of hydrogen-bond acceptors (Lipinski definition) is 5. The maximum Gasteiger partial charge on any atom is 0.233 e. The van der Waals surface area contributed by atoms with Crippen molar-refractivity contribution in [2.24, 2.45) is 11.8 Å². The fourth-order valence-corrected chi connectivity index (χ4v) is 5.02. The summed E-state index contributed by atoms with van der Waals surface area (Å²) < 4.78 is 0. The first-order valence-electron chi connectivity index (χ1n) is 11.1. The highest BCUT2D eigenvalue weighted by Gasteiger charge is 2.47. The van der Waals surface area contributed by atoms with Crippen molar-refractivity contribution in [3.05, 3.63) is 23.8 Å². The van der Waals surface area contributed by atoms with Crippen LogP contribution in [0.25, 0.3) is 0 Å². The first-order chi connectivity index (χ1) is 14.4. The number of likely N-dealkylation sites (tertiary alicyclic amines) is 1. The summed E-state index contributed by atoms with van der Waals surface area (Å²) in [6.07, 6.45) is 3.76. The largest absolute Gasteiger partial charge is 0.369 e. The molecule has 1 aromatic rings. The molecule has 0 spiro atoms. The van der Waals surface area contributed by atoms with Gasteiger partial charge in [-0.1, -0.05) is 12.8 Å².